The van der Waals surface area contributed by atoms with Crippen LogP contribution in [0.3, 0.4) is 0 Å². The SMILES string of the molecule is CC(C)C(=O)N[C@@H]1CCCN(C(=O)c2ccc(O)c(Cl)c2)C1. The summed E-state index contributed by atoms with van der Waals surface area (Å²) >= 11 is 5.85. The van der Waals surface area contributed by atoms with Gasteiger partial charge in [0.15, 0.2) is 0 Å². The van der Waals surface area contributed by atoms with E-state index in [9.17, 15) is 14.7 Å². The molecule has 1 aromatic carbocycles. The van der Waals surface area contributed by atoms with E-state index in [1.807, 2.05) is 13.8 Å². The van der Waals surface area contributed by atoms with Gasteiger partial charge in [0.1, 0.15) is 5.75 Å². The molecule has 1 aliphatic heterocycles. The second-order valence-electron chi connectivity index (χ2n) is 5.92. The fraction of sp³-hybridized carbons (Fsp3) is 0.500. The van der Waals surface area contributed by atoms with Crippen LogP contribution in [0.1, 0.15) is 37.0 Å². The van der Waals surface area contributed by atoms with Gasteiger partial charge < -0.3 is 15.3 Å². The van der Waals surface area contributed by atoms with E-state index in [-0.39, 0.29) is 34.5 Å². The molecule has 0 spiro atoms. The summed E-state index contributed by atoms with van der Waals surface area (Å²) in [5.74, 6) is -0.238. The molecule has 6 heteroatoms. The lowest BCUT2D eigenvalue weighted by Crippen LogP contribution is -2.50. The number of amides is 2. The minimum Gasteiger partial charge on any atom is -0.506 e. The summed E-state index contributed by atoms with van der Waals surface area (Å²) in [4.78, 5) is 26.0. The summed E-state index contributed by atoms with van der Waals surface area (Å²) < 4.78 is 0. The number of phenols is 1. The molecule has 120 valence electrons. The zero-order valence-corrected chi connectivity index (χ0v) is 13.6. The number of hydrogen-bond acceptors (Lipinski definition) is 3. The van der Waals surface area contributed by atoms with Gasteiger partial charge >= 0.3 is 0 Å². The Morgan fingerprint density at radius 3 is 2.77 bits per heavy atom. The number of carbonyl (C=O) groups is 2. The molecule has 0 unspecified atom stereocenters. The van der Waals surface area contributed by atoms with E-state index in [0.717, 1.165) is 12.8 Å². The third-order valence-electron chi connectivity index (χ3n) is 3.77. The van der Waals surface area contributed by atoms with E-state index in [1.165, 1.54) is 12.1 Å². The summed E-state index contributed by atoms with van der Waals surface area (Å²) in [5.41, 5.74) is 0.443. The third kappa shape index (κ3) is 3.91. The Morgan fingerprint density at radius 1 is 1.41 bits per heavy atom. The second kappa shape index (κ2) is 7.01. The standard InChI is InChI=1S/C16H21ClN2O3/c1-10(2)15(21)18-12-4-3-7-19(9-12)16(22)11-5-6-14(20)13(17)8-11/h5-6,8,10,12,20H,3-4,7,9H2,1-2H3,(H,18,21)/t12-/m1/s1. The predicted molar refractivity (Wildman–Crippen MR) is 85.0 cm³/mol. The highest BCUT2D eigenvalue weighted by molar-refractivity contribution is 6.32. The van der Waals surface area contributed by atoms with Crippen LogP contribution in [0.5, 0.6) is 5.75 Å². The Bertz CT molecular complexity index is 575. The number of hydrogen-bond donors (Lipinski definition) is 2. The number of halogens is 1. The summed E-state index contributed by atoms with van der Waals surface area (Å²) in [6.45, 7) is 4.85. The van der Waals surface area contributed by atoms with E-state index in [2.05, 4.69) is 5.32 Å². The fourth-order valence-corrected chi connectivity index (χ4v) is 2.65. The summed E-state index contributed by atoms with van der Waals surface area (Å²) in [5, 5.41) is 12.6. The van der Waals surface area contributed by atoms with E-state index >= 15 is 0 Å². The number of benzene rings is 1. The number of rotatable bonds is 3. The Labute approximate surface area is 135 Å². The lowest BCUT2D eigenvalue weighted by molar-refractivity contribution is -0.125. The number of nitrogens with zero attached hydrogens (tertiary/aromatic N) is 1. The van der Waals surface area contributed by atoms with Crippen LogP contribution in [0, 0.1) is 5.92 Å². The molecule has 2 rings (SSSR count). The van der Waals surface area contributed by atoms with Crippen molar-refractivity contribution in [3.8, 4) is 5.75 Å². The Balaban J connectivity index is 2.03. The maximum atomic E-state index is 12.5. The van der Waals surface area contributed by atoms with Crippen LogP contribution in [0.2, 0.25) is 5.02 Å². The molecule has 2 N–H and O–H groups in total. The highest BCUT2D eigenvalue weighted by Crippen LogP contribution is 2.25. The lowest BCUT2D eigenvalue weighted by Gasteiger charge is -2.33. The van der Waals surface area contributed by atoms with Gasteiger partial charge in [0.05, 0.1) is 5.02 Å². The van der Waals surface area contributed by atoms with Crippen molar-refractivity contribution >= 4 is 23.4 Å². The average molecular weight is 325 g/mol. The minimum atomic E-state index is -0.134. The van der Waals surface area contributed by atoms with Gasteiger partial charge in [-0.2, -0.15) is 0 Å². The van der Waals surface area contributed by atoms with Gasteiger partial charge in [-0.1, -0.05) is 25.4 Å². The summed E-state index contributed by atoms with van der Waals surface area (Å²) in [6, 6.07) is 4.42. The molecule has 0 aromatic heterocycles. The molecule has 1 fully saturated rings. The minimum absolute atomic E-state index is 0.00646. The summed E-state index contributed by atoms with van der Waals surface area (Å²) in [7, 11) is 0. The molecule has 1 aliphatic rings. The van der Waals surface area contributed by atoms with Gasteiger partial charge in [0, 0.05) is 30.6 Å². The maximum Gasteiger partial charge on any atom is 0.253 e. The van der Waals surface area contributed by atoms with Crippen molar-refractivity contribution in [3.05, 3.63) is 28.8 Å². The second-order valence-corrected chi connectivity index (χ2v) is 6.33. The van der Waals surface area contributed by atoms with Gasteiger partial charge in [-0.15, -0.1) is 0 Å². The number of aromatic hydroxyl groups is 1. The first kappa shape index (κ1) is 16.6. The number of nitrogens with one attached hydrogen (secondary N) is 1. The monoisotopic (exact) mass is 324 g/mol. The van der Waals surface area contributed by atoms with Crippen molar-refractivity contribution < 1.29 is 14.7 Å². The highest BCUT2D eigenvalue weighted by Gasteiger charge is 2.26. The quantitative estimate of drug-likeness (QED) is 0.897. The molecule has 1 atom stereocenters. The number of piperidine rings is 1. The largest absolute Gasteiger partial charge is 0.506 e. The molecule has 1 aromatic rings. The van der Waals surface area contributed by atoms with Crippen LogP contribution in [0.4, 0.5) is 0 Å². The molecule has 0 bridgehead atoms. The topological polar surface area (TPSA) is 69.6 Å². The Morgan fingerprint density at radius 2 is 2.14 bits per heavy atom. The normalized spacial score (nSPS) is 18.4. The van der Waals surface area contributed by atoms with Crippen LogP contribution in [0.25, 0.3) is 0 Å². The molecule has 22 heavy (non-hydrogen) atoms. The first-order valence-electron chi connectivity index (χ1n) is 7.46. The Hall–Kier alpha value is -1.75. The molecule has 2 amide bonds. The summed E-state index contributed by atoms with van der Waals surface area (Å²) in [6.07, 6.45) is 1.72. The number of likely N-dealkylation sites (tertiary alicyclic amines) is 1. The van der Waals surface area contributed by atoms with E-state index in [0.29, 0.717) is 18.7 Å². The molecule has 0 aliphatic carbocycles. The molecule has 0 radical (unpaired) electrons. The lowest BCUT2D eigenvalue weighted by atomic mass is 10.0. The van der Waals surface area contributed by atoms with Crippen LogP contribution < -0.4 is 5.32 Å². The average Bonchev–Trinajstić information content (AvgIpc) is 2.49. The molecular formula is C16H21ClN2O3. The van der Waals surface area contributed by atoms with Crippen molar-refractivity contribution in [2.75, 3.05) is 13.1 Å². The molecule has 0 saturated carbocycles. The Kier molecular flexibility index (Phi) is 5.29. The maximum absolute atomic E-state index is 12.5. The van der Waals surface area contributed by atoms with Crippen molar-refractivity contribution in [1.29, 1.82) is 0 Å². The highest BCUT2D eigenvalue weighted by atomic mass is 35.5. The van der Waals surface area contributed by atoms with Crippen molar-refractivity contribution in [1.82, 2.24) is 10.2 Å². The van der Waals surface area contributed by atoms with Gasteiger partial charge in [-0.05, 0) is 31.0 Å². The smallest absolute Gasteiger partial charge is 0.253 e. The van der Waals surface area contributed by atoms with Crippen LogP contribution in [0.15, 0.2) is 18.2 Å². The first-order valence-corrected chi connectivity index (χ1v) is 7.84. The van der Waals surface area contributed by atoms with Crippen molar-refractivity contribution in [2.45, 2.75) is 32.7 Å². The van der Waals surface area contributed by atoms with Crippen molar-refractivity contribution in [2.24, 2.45) is 5.92 Å². The number of phenolic OH excluding ortho intramolecular Hbond substituents is 1. The van der Waals surface area contributed by atoms with Gasteiger partial charge in [0.2, 0.25) is 5.91 Å². The predicted octanol–water partition coefficient (Wildman–Crippen LogP) is 2.42. The van der Waals surface area contributed by atoms with Crippen LogP contribution in [-0.4, -0.2) is 41.0 Å². The van der Waals surface area contributed by atoms with Gasteiger partial charge in [-0.25, -0.2) is 0 Å². The van der Waals surface area contributed by atoms with Gasteiger partial charge in [0.25, 0.3) is 5.91 Å². The number of carbonyl (C=O) groups excluding carboxylic acids is 2. The molecular weight excluding hydrogens is 304 g/mol. The van der Waals surface area contributed by atoms with Gasteiger partial charge in [-0.3, -0.25) is 9.59 Å². The van der Waals surface area contributed by atoms with Crippen LogP contribution in [-0.2, 0) is 4.79 Å². The van der Waals surface area contributed by atoms with E-state index in [1.54, 1.807) is 11.0 Å². The van der Waals surface area contributed by atoms with Crippen LogP contribution >= 0.6 is 11.6 Å². The zero-order chi connectivity index (χ0) is 16.3. The van der Waals surface area contributed by atoms with Crippen molar-refractivity contribution in [3.63, 3.8) is 0 Å². The molecule has 1 saturated heterocycles. The van der Waals surface area contributed by atoms with E-state index in [4.69, 9.17) is 11.6 Å². The first-order chi connectivity index (χ1) is 10.4. The fourth-order valence-electron chi connectivity index (χ4n) is 2.47. The van der Waals surface area contributed by atoms with E-state index < -0.39 is 0 Å². The zero-order valence-electron chi connectivity index (χ0n) is 12.8. The molecule has 1 heterocycles. The third-order valence-corrected chi connectivity index (χ3v) is 4.08. The molecule has 5 nitrogen and oxygen atoms in total.